The number of aromatic nitrogens is 1. The number of nitrogens with zero attached hydrogens (tertiary/aromatic N) is 2. The van der Waals surface area contributed by atoms with E-state index in [1.54, 1.807) is 11.3 Å². The molecule has 1 N–H and O–H groups in total. The number of rotatable bonds is 19. The Kier molecular flexibility index (Phi) is 12.7. The standard InChI is InChI=1S/C54H56N2O5S2Si2/c1-7-9-11-13-27-59-38-19-15-35(16-20-38)44-32-46(49-33-48-52(63-49)51-47(56(48)3)30-40(62-51)29-37(34-55)54(57)58)43-24-23-41-31-45(36-17-21-39(22-18-36)60-28-14-12-10-8-2)50-26-25-42(44)53(43)65(41,50)61-64(4,5)6/h15-26,29-33H,7-14,27-28H2,1-6H3,(H,57,58)/b37-29+. The molecule has 0 bridgehead atoms. The smallest absolute Gasteiger partial charge is 0.346 e. The zero-order chi connectivity index (χ0) is 45.5. The summed E-state index contributed by atoms with van der Waals surface area (Å²) in [6, 6.07) is 25.8. The molecule has 0 spiro atoms. The number of benzene rings is 3. The summed E-state index contributed by atoms with van der Waals surface area (Å²) in [4.78, 5) is 13.6. The molecule has 0 aliphatic carbocycles. The summed E-state index contributed by atoms with van der Waals surface area (Å²) in [6.07, 6.45) is 22.6. The van der Waals surface area contributed by atoms with Crippen LogP contribution in [0.3, 0.4) is 0 Å². The summed E-state index contributed by atoms with van der Waals surface area (Å²) in [6.45, 7) is 12.9. The minimum atomic E-state index is -3.04. The summed E-state index contributed by atoms with van der Waals surface area (Å²) in [7, 11) is -3.15. The zero-order valence-corrected chi connectivity index (χ0v) is 41.8. The number of hydrogen-bond donors (Lipinski definition) is 1. The molecule has 9 rings (SSSR count). The van der Waals surface area contributed by atoms with E-state index < -0.39 is 22.6 Å². The van der Waals surface area contributed by atoms with Gasteiger partial charge >= 0.3 is 5.97 Å². The Labute approximate surface area is 392 Å². The minimum absolute atomic E-state index is 0.275. The Balaban J connectivity index is 1.20. The van der Waals surface area contributed by atoms with Crippen molar-refractivity contribution in [2.45, 2.75) is 84.9 Å². The Morgan fingerprint density at radius 3 is 1.98 bits per heavy atom. The molecule has 6 heterocycles. The lowest BCUT2D eigenvalue weighted by Crippen LogP contribution is -2.61. The second kappa shape index (κ2) is 18.4. The Hall–Kier alpha value is -5.49. The molecule has 1 atom stereocenters. The summed E-state index contributed by atoms with van der Waals surface area (Å²) >= 11 is 3.29. The van der Waals surface area contributed by atoms with Crippen LogP contribution in [0.2, 0.25) is 19.6 Å². The van der Waals surface area contributed by atoms with Crippen LogP contribution in [-0.2, 0) is 16.0 Å². The molecule has 0 amide bonds. The van der Waals surface area contributed by atoms with Gasteiger partial charge in [0.05, 0.1) is 33.6 Å². The van der Waals surface area contributed by atoms with Crippen LogP contribution in [0.15, 0.2) is 101 Å². The van der Waals surface area contributed by atoms with Gasteiger partial charge in [0, 0.05) is 16.8 Å². The van der Waals surface area contributed by atoms with Crippen LogP contribution in [0.4, 0.5) is 0 Å². The predicted molar refractivity (Wildman–Crippen MR) is 277 cm³/mol. The van der Waals surface area contributed by atoms with Crippen molar-refractivity contribution >= 4 is 94.7 Å². The zero-order valence-electron chi connectivity index (χ0n) is 38.2. The van der Waals surface area contributed by atoms with Crippen molar-refractivity contribution in [1.29, 1.82) is 5.26 Å². The molecule has 3 aromatic heterocycles. The second-order valence-electron chi connectivity index (χ2n) is 18.3. The van der Waals surface area contributed by atoms with E-state index in [4.69, 9.17) is 13.6 Å². The number of nitriles is 1. The highest BCUT2D eigenvalue weighted by atomic mass is 32.1. The third-order valence-electron chi connectivity index (χ3n) is 12.6. The third-order valence-corrected chi connectivity index (χ3v) is 22.2. The van der Waals surface area contributed by atoms with Crippen LogP contribution in [0.25, 0.3) is 65.8 Å². The highest BCUT2D eigenvalue weighted by molar-refractivity contribution is 7.29. The van der Waals surface area contributed by atoms with Crippen LogP contribution >= 0.6 is 22.7 Å². The molecule has 3 aromatic carbocycles. The highest BCUT2D eigenvalue weighted by Gasteiger charge is 2.55. The molecule has 11 heteroatoms. The van der Waals surface area contributed by atoms with Crippen molar-refractivity contribution in [1.82, 2.24) is 4.57 Å². The molecule has 7 nitrogen and oxygen atoms in total. The first-order valence-corrected chi connectivity index (χ1v) is 30.0. The van der Waals surface area contributed by atoms with Gasteiger partial charge in [0.15, 0.2) is 8.32 Å². The van der Waals surface area contributed by atoms with E-state index in [2.05, 4.69) is 136 Å². The lowest BCUT2D eigenvalue weighted by Gasteiger charge is -2.43. The Morgan fingerprint density at radius 1 is 0.769 bits per heavy atom. The molecular weight excluding hydrogens is 877 g/mol. The van der Waals surface area contributed by atoms with E-state index in [1.807, 2.05) is 12.1 Å². The highest BCUT2D eigenvalue weighted by Crippen LogP contribution is 2.52. The Bertz CT molecular complexity index is 3020. The van der Waals surface area contributed by atoms with Gasteiger partial charge in [-0.15, -0.1) is 22.7 Å². The van der Waals surface area contributed by atoms with Crippen LogP contribution in [0.1, 0.15) is 86.8 Å². The Morgan fingerprint density at radius 2 is 1.37 bits per heavy atom. The van der Waals surface area contributed by atoms with Crippen molar-refractivity contribution in [3.63, 3.8) is 0 Å². The van der Waals surface area contributed by atoms with Crippen LogP contribution in [-0.4, -0.2) is 45.5 Å². The van der Waals surface area contributed by atoms with E-state index >= 15 is 0 Å². The number of aliphatic carboxylic acids is 1. The first-order chi connectivity index (χ1) is 31.4. The number of carboxylic acid groups (broad SMARTS) is 1. The third kappa shape index (κ3) is 8.47. The average molecular weight is 933 g/mol. The number of thiophene rings is 2. The number of aryl methyl sites for hydroxylation is 1. The van der Waals surface area contributed by atoms with Crippen molar-refractivity contribution in [3.8, 4) is 39.1 Å². The van der Waals surface area contributed by atoms with Crippen LogP contribution < -0.4 is 14.7 Å². The summed E-state index contributed by atoms with van der Waals surface area (Å²) < 4.78 is 24.6. The van der Waals surface area contributed by atoms with E-state index in [1.165, 1.54) is 105 Å². The van der Waals surface area contributed by atoms with Gasteiger partial charge in [-0.1, -0.05) is 107 Å². The quantitative estimate of drug-likeness (QED) is 0.0376. The van der Waals surface area contributed by atoms with E-state index in [9.17, 15) is 15.2 Å². The van der Waals surface area contributed by atoms with Gasteiger partial charge in [-0.2, -0.15) is 5.26 Å². The maximum Gasteiger partial charge on any atom is 0.346 e. The lowest BCUT2D eigenvalue weighted by atomic mass is 9.91. The van der Waals surface area contributed by atoms with E-state index in [0.717, 1.165) is 66.7 Å². The first kappa shape index (κ1) is 44.7. The largest absolute Gasteiger partial charge is 0.494 e. The molecule has 3 aliphatic heterocycles. The van der Waals surface area contributed by atoms with E-state index in [-0.39, 0.29) is 5.57 Å². The van der Waals surface area contributed by atoms with Gasteiger partial charge in [0.25, 0.3) is 8.32 Å². The van der Waals surface area contributed by atoms with Gasteiger partial charge in [0.2, 0.25) is 0 Å². The van der Waals surface area contributed by atoms with Crippen molar-refractivity contribution in [3.05, 3.63) is 122 Å². The number of carbonyl (C=O) groups is 1. The fourth-order valence-corrected chi connectivity index (χ4v) is 20.7. The van der Waals surface area contributed by atoms with Crippen LogP contribution in [0.5, 0.6) is 11.5 Å². The molecule has 0 saturated heterocycles. The summed E-state index contributed by atoms with van der Waals surface area (Å²) in [5, 5.41) is 23.0. The fraction of sp³-hybridized carbons (Fsp3) is 0.296. The molecule has 1 unspecified atom stereocenters. The topological polar surface area (TPSA) is 93.7 Å². The fourth-order valence-electron chi connectivity index (χ4n) is 9.54. The van der Waals surface area contributed by atoms with Gasteiger partial charge in [-0.05, 0) is 136 Å². The van der Waals surface area contributed by atoms with Crippen molar-refractivity contribution in [2.75, 3.05) is 13.2 Å². The minimum Gasteiger partial charge on any atom is -0.494 e. The van der Waals surface area contributed by atoms with Gasteiger partial charge in [-0.3, -0.25) is 0 Å². The second-order valence-corrected chi connectivity index (χ2v) is 28.4. The monoisotopic (exact) mass is 932 g/mol. The number of ether oxygens (including phenoxy) is 2. The molecule has 0 fully saturated rings. The van der Waals surface area contributed by atoms with Crippen LogP contribution in [0, 0.1) is 11.3 Å². The molecule has 3 aliphatic rings. The number of carboxylic acids is 1. The predicted octanol–water partition coefficient (Wildman–Crippen LogP) is 14.2. The van der Waals surface area contributed by atoms with E-state index in [0.29, 0.717) is 6.61 Å². The number of hydrogen-bond acceptors (Lipinski definition) is 7. The normalized spacial score (nSPS) is 16.4. The maximum atomic E-state index is 11.7. The average Bonchev–Trinajstić information content (AvgIpc) is 4.05. The van der Waals surface area contributed by atoms with Gasteiger partial charge in [0.1, 0.15) is 23.1 Å². The molecule has 0 radical (unpaired) electrons. The molecule has 6 aromatic rings. The molecule has 65 heavy (non-hydrogen) atoms. The van der Waals surface area contributed by atoms with Crippen molar-refractivity contribution < 1.29 is 23.5 Å². The summed E-state index contributed by atoms with van der Waals surface area (Å²) in [5.41, 5.74) is 10.2. The SMILES string of the molecule is CCCCCCOc1ccc(C2=C3C=Cc4c(-c5ccc(OCCCCCC)cc5)cc(-c5cc6c(s5)c5sc(/C=C(\C#N)C(=O)O)cc5n6C)c5c4[Si]3(O[Si](C)(C)C)C(=C2)C=C5)cc1. The molecular formula is C54H56N2O5S2Si2. The lowest BCUT2D eigenvalue weighted by molar-refractivity contribution is -0.132. The summed E-state index contributed by atoms with van der Waals surface area (Å²) in [5.74, 6) is 0.566. The van der Waals surface area contributed by atoms with Gasteiger partial charge in [-0.25, -0.2) is 4.79 Å². The number of fused-ring (bicyclic) bond motifs is 3. The molecule has 0 saturated carbocycles. The number of unbranched alkanes of at least 4 members (excludes halogenated alkanes) is 6. The van der Waals surface area contributed by atoms with Crippen molar-refractivity contribution in [2.24, 2.45) is 7.05 Å². The first-order valence-electron chi connectivity index (χ1n) is 23.0. The molecule has 332 valence electrons. The maximum absolute atomic E-state index is 11.7. The van der Waals surface area contributed by atoms with Gasteiger partial charge < -0.3 is 23.3 Å². The number of allylic oxidation sites excluding steroid dienone is 6.